The number of aldehydes is 1. The fourth-order valence-corrected chi connectivity index (χ4v) is 1.12. The van der Waals surface area contributed by atoms with Crippen LogP contribution in [0.2, 0.25) is 0 Å². The maximum Gasteiger partial charge on any atom is 0.151 e. The SMILES string of the molecule is CN1CCN(C)C1C=O. The molecule has 3 heteroatoms. The van der Waals surface area contributed by atoms with Gasteiger partial charge in [-0.1, -0.05) is 0 Å². The van der Waals surface area contributed by atoms with Crippen molar-refractivity contribution in [2.24, 2.45) is 0 Å². The standard InChI is InChI=1S/C6H12N2O/c1-7-3-4-8(2)6(7)5-9/h5-6H,3-4H2,1-2H3. The van der Waals surface area contributed by atoms with Crippen molar-refractivity contribution in [2.45, 2.75) is 6.17 Å². The second-order valence-corrected chi connectivity index (χ2v) is 2.51. The van der Waals surface area contributed by atoms with E-state index in [2.05, 4.69) is 0 Å². The quantitative estimate of drug-likeness (QED) is 0.440. The highest BCUT2D eigenvalue weighted by atomic mass is 16.1. The summed E-state index contributed by atoms with van der Waals surface area (Å²) in [6.07, 6.45) is 0.998. The Morgan fingerprint density at radius 2 is 1.78 bits per heavy atom. The maximum atomic E-state index is 10.3. The summed E-state index contributed by atoms with van der Waals surface area (Å²) >= 11 is 0. The van der Waals surface area contributed by atoms with Crippen LogP contribution < -0.4 is 0 Å². The third kappa shape index (κ3) is 1.11. The molecule has 0 bridgehead atoms. The second kappa shape index (κ2) is 2.45. The molecule has 0 spiro atoms. The van der Waals surface area contributed by atoms with Gasteiger partial charge in [0.25, 0.3) is 0 Å². The highest BCUT2D eigenvalue weighted by Gasteiger charge is 2.24. The van der Waals surface area contributed by atoms with Crippen LogP contribution in [0.5, 0.6) is 0 Å². The van der Waals surface area contributed by atoms with Crippen molar-refractivity contribution < 1.29 is 4.79 Å². The topological polar surface area (TPSA) is 23.6 Å². The van der Waals surface area contributed by atoms with Gasteiger partial charge in [-0.05, 0) is 14.1 Å². The van der Waals surface area contributed by atoms with Crippen LogP contribution in [-0.2, 0) is 4.79 Å². The molecule has 0 radical (unpaired) electrons. The summed E-state index contributed by atoms with van der Waals surface area (Å²) in [7, 11) is 3.92. The van der Waals surface area contributed by atoms with Gasteiger partial charge in [0.1, 0.15) is 6.17 Å². The first kappa shape index (κ1) is 6.71. The zero-order valence-corrected chi connectivity index (χ0v) is 5.87. The zero-order valence-electron chi connectivity index (χ0n) is 5.87. The minimum absolute atomic E-state index is 0.0185. The van der Waals surface area contributed by atoms with Gasteiger partial charge in [0.05, 0.1) is 0 Å². The Balaban J connectivity index is 2.54. The predicted molar refractivity (Wildman–Crippen MR) is 35.1 cm³/mol. The van der Waals surface area contributed by atoms with E-state index in [0.29, 0.717) is 0 Å². The van der Waals surface area contributed by atoms with Crippen molar-refractivity contribution in [1.29, 1.82) is 0 Å². The Kier molecular flexibility index (Phi) is 1.83. The second-order valence-electron chi connectivity index (χ2n) is 2.51. The van der Waals surface area contributed by atoms with E-state index in [0.717, 1.165) is 19.4 Å². The Labute approximate surface area is 55.2 Å². The first-order chi connectivity index (χ1) is 4.25. The van der Waals surface area contributed by atoms with Crippen LogP contribution in [-0.4, -0.2) is 49.4 Å². The molecular formula is C6H12N2O. The normalized spacial score (nSPS) is 25.1. The summed E-state index contributed by atoms with van der Waals surface area (Å²) in [6, 6.07) is 0. The molecule has 0 N–H and O–H groups in total. The Hall–Kier alpha value is -0.410. The maximum absolute atomic E-state index is 10.3. The van der Waals surface area contributed by atoms with Crippen LogP contribution in [0.25, 0.3) is 0 Å². The largest absolute Gasteiger partial charge is 0.300 e. The van der Waals surface area contributed by atoms with E-state index < -0.39 is 0 Å². The molecule has 0 aromatic carbocycles. The van der Waals surface area contributed by atoms with Crippen molar-refractivity contribution in [2.75, 3.05) is 27.2 Å². The van der Waals surface area contributed by atoms with E-state index in [1.807, 2.05) is 23.9 Å². The lowest BCUT2D eigenvalue weighted by molar-refractivity contribution is -0.114. The van der Waals surface area contributed by atoms with E-state index >= 15 is 0 Å². The molecule has 0 amide bonds. The van der Waals surface area contributed by atoms with Gasteiger partial charge >= 0.3 is 0 Å². The van der Waals surface area contributed by atoms with Gasteiger partial charge in [-0.2, -0.15) is 0 Å². The summed E-state index contributed by atoms with van der Waals surface area (Å²) < 4.78 is 0. The molecule has 0 aliphatic carbocycles. The molecule has 1 saturated heterocycles. The molecule has 0 unspecified atom stereocenters. The smallest absolute Gasteiger partial charge is 0.151 e. The van der Waals surface area contributed by atoms with Crippen LogP contribution in [0.4, 0.5) is 0 Å². The highest BCUT2D eigenvalue weighted by molar-refractivity contribution is 5.57. The number of nitrogens with zero attached hydrogens (tertiary/aromatic N) is 2. The zero-order chi connectivity index (χ0) is 6.85. The molecule has 3 nitrogen and oxygen atoms in total. The molecule has 1 aliphatic heterocycles. The average Bonchev–Trinajstić information content (AvgIpc) is 2.12. The van der Waals surface area contributed by atoms with Gasteiger partial charge in [-0.15, -0.1) is 0 Å². The fraction of sp³-hybridized carbons (Fsp3) is 0.833. The van der Waals surface area contributed by atoms with Crippen LogP contribution in [0.3, 0.4) is 0 Å². The van der Waals surface area contributed by atoms with E-state index in [1.54, 1.807) is 0 Å². The van der Waals surface area contributed by atoms with Crippen molar-refractivity contribution >= 4 is 6.29 Å². The Bertz CT molecular complexity index is 106. The summed E-state index contributed by atoms with van der Waals surface area (Å²) in [4.78, 5) is 14.4. The van der Waals surface area contributed by atoms with Gasteiger partial charge < -0.3 is 4.79 Å². The molecule has 9 heavy (non-hydrogen) atoms. The van der Waals surface area contributed by atoms with E-state index in [-0.39, 0.29) is 6.17 Å². The minimum Gasteiger partial charge on any atom is -0.300 e. The Morgan fingerprint density at radius 3 is 2.00 bits per heavy atom. The number of likely N-dealkylation sites (N-methyl/N-ethyl adjacent to an activating group) is 2. The molecule has 0 saturated carbocycles. The lowest BCUT2D eigenvalue weighted by atomic mass is 10.5. The molecule has 1 heterocycles. The van der Waals surface area contributed by atoms with Crippen LogP contribution in [0.1, 0.15) is 0 Å². The molecule has 1 aliphatic rings. The van der Waals surface area contributed by atoms with Gasteiger partial charge in [-0.25, -0.2) is 0 Å². The molecule has 0 aromatic rings. The third-order valence-electron chi connectivity index (χ3n) is 1.83. The monoisotopic (exact) mass is 128 g/mol. The summed E-state index contributed by atoms with van der Waals surface area (Å²) in [5.74, 6) is 0. The molecule has 0 atom stereocenters. The lowest BCUT2D eigenvalue weighted by Gasteiger charge is -2.17. The van der Waals surface area contributed by atoms with Crippen LogP contribution in [0, 0.1) is 0 Å². The van der Waals surface area contributed by atoms with Gasteiger partial charge in [0.2, 0.25) is 0 Å². The number of carbonyl (C=O) groups excluding carboxylic acids is 1. The van der Waals surface area contributed by atoms with E-state index in [9.17, 15) is 4.79 Å². The molecular weight excluding hydrogens is 116 g/mol. The summed E-state index contributed by atoms with van der Waals surface area (Å²) in [6.45, 7) is 2.00. The van der Waals surface area contributed by atoms with Crippen molar-refractivity contribution in [3.05, 3.63) is 0 Å². The first-order valence-corrected chi connectivity index (χ1v) is 3.11. The molecule has 1 fully saturated rings. The molecule has 0 aromatic heterocycles. The van der Waals surface area contributed by atoms with Crippen LogP contribution in [0.15, 0.2) is 0 Å². The third-order valence-corrected chi connectivity index (χ3v) is 1.83. The van der Waals surface area contributed by atoms with Crippen LogP contribution >= 0.6 is 0 Å². The summed E-state index contributed by atoms with van der Waals surface area (Å²) in [5, 5.41) is 0. The molecule has 1 rings (SSSR count). The summed E-state index contributed by atoms with van der Waals surface area (Å²) in [5.41, 5.74) is 0. The number of rotatable bonds is 1. The van der Waals surface area contributed by atoms with E-state index in [1.165, 1.54) is 0 Å². The minimum atomic E-state index is 0.0185. The number of carbonyl (C=O) groups is 1. The fourth-order valence-electron chi connectivity index (χ4n) is 1.12. The van der Waals surface area contributed by atoms with Crippen molar-refractivity contribution in [1.82, 2.24) is 9.80 Å². The first-order valence-electron chi connectivity index (χ1n) is 3.11. The van der Waals surface area contributed by atoms with E-state index in [4.69, 9.17) is 0 Å². The van der Waals surface area contributed by atoms with Gasteiger partial charge in [0, 0.05) is 13.1 Å². The lowest BCUT2D eigenvalue weighted by Crippen LogP contribution is -2.35. The molecule has 52 valence electrons. The van der Waals surface area contributed by atoms with Crippen molar-refractivity contribution in [3.8, 4) is 0 Å². The highest BCUT2D eigenvalue weighted by Crippen LogP contribution is 2.05. The number of hydrogen-bond acceptors (Lipinski definition) is 3. The van der Waals surface area contributed by atoms with Crippen molar-refractivity contribution in [3.63, 3.8) is 0 Å². The number of hydrogen-bond donors (Lipinski definition) is 0. The van der Waals surface area contributed by atoms with Gasteiger partial charge in [0.15, 0.2) is 6.29 Å². The Morgan fingerprint density at radius 1 is 1.33 bits per heavy atom. The average molecular weight is 128 g/mol. The van der Waals surface area contributed by atoms with Gasteiger partial charge in [-0.3, -0.25) is 9.80 Å². The predicted octanol–water partition coefficient (Wildman–Crippen LogP) is -0.611.